The van der Waals surface area contributed by atoms with E-state index in [4.69, 9.17) is 4.74 Å². The molecule has 0 saturated carbocycles. The number of thioether (sulfide) groups is 1. The minimum atomic E-state index is 0.768. The van der Waals surface area contributed by atoms with Crippen molar-refractivity contribution in [2.75, 3.05) is 18.1 Å². The van der Waals surface area contributed by atoms with Crippen LogP contribution in [0.25, 0.3) is 0 Å². The Bertz CT molecular complexity index is 286. The maximum absolute atomic E-state index is 5.65. The van der Waals surface area contributed by atoms with E-state index in [1.807, 2.05) is 36.0 Å². The quantitative estimate of drug-likeness (QED) is 0.824. The van der Waals surface area contributed by atoms with Gasteiger partial charge in [-0.15, -0.1) is 0 Å². The molecule has 0 radical (unpaired) electrons. The molecule has 0 unspecified atom stereocenters. The second-order valence-corrected chi connectivity index (χ2v) is 5.16. The molecule has 0 spiro atoms. The van der Waals surface area contributed by atoms with Crippen molar-refractivity contribution < 1.29 is 4.74 Å². The molecule has 1 aromatic carbocycles. The highest BCUT2D eigenvalue weighted by atomic mass is 79.9. The number of hydrogen-bond acceptors (Lipinski definition) is 2. The van der Waals surface area contributed by atoms with Gasteiger partial charge in [0.05, 0.1) is 6.61 Å². The van der Waals surface area contributed by atoms with Crippen molar-refractivity contribution >= 4 is 27.7 Å². The molecule has 1 aliphatic heterocycles. The first-order valence-electron chi connectivity index (χ1n) is 4.31. The Morgan fingerprint density at radius 2 is 2.31 bits per heavy atom. The predicted molar refractivity (Wildman–Crippen MR) is 60.5 cm³/mol. The summed E-state index contributed by atoms with van der Waals surface area (Å²) in [5, 5.41) is 0. The van der Waals surface area contributed by atoms with Gasteiger partial charge in [0, 0.05) is 21.9 Å². The standard InChI is InChI=1S/C10H11BrOS/c11-9-2-1-3-10(4-9)12-5-8-6-13-7-8/h1-4,8H,5-7H2. The zero-order valence-electron chi connectivity index (χ0n) is 7.20. The van der Waals surface area contributed by atoms with Crippen molar-refractivity contribution in [3.05, 3.63) is 28.7 Å². The molecule has 2 rings (SSSR count). The lowest BCUT2D eigenvalue weighted by molar-refractivity contribution is 0.270. The van der Waals surface area contributed by atoms with Gasteiger partial charge in [-0.05, 0) is 18.2 Å². The molecule has 1 fully saturated rings. The van der Waals surface area contributed by atoms with Gasteiger partial charge in [0.25, 0.3) is 0 Å². The van der Waals surface area contributed by atoms with Crippen LogP contribution in [0.1, 0.15) is 0 Å². The minimum Gasteiger partial charge on any atom is -0.493 e. The van der Waals surface area contributed by atoms with Gasteiger partial charge in [-0.3, -0.25) is 0 Å². The van der Waals surface area contributed by atoms with Gasteiger partial charge in [-0.1, -0.05) is 22.0 Å². The molecular formula is C10H11BrOS. The monoisotopic (exact) mass is 258 g/mol. The average molecular weight is 259 g/mol. The van der Waals surface area contributed by atoms with Gasteiger partial charge in [0.2, 0.25) is 0 Å². The van der Waals surface area contributed by atoms with Crippen LogP contribution >= 0.6 is 27.7 Å². The molecule has 0 aliphatic carbocycles. The molecule has 1 aliphatic rings. The normalized spacial score (nSPS) is 16.7. The second kappa shape index (κ2) is 4.38. The summed E-state index contributed by atoms with van der Waals surface area (Å²) in [7, 11) is 0. The molecular weight excluding hydrogens is 248 g/mol. The Morgan fingerprint density at radius 3 is 2.92 bits per heavy atom. The Labute approximate surface area is 91.0 Å². The van der Waals surface area contributed by atoms with E-state index >= 15 is 0 Å². The van der Waals surface area contributed by atoms with Crippen molar-refractivity contribution in [1.29, 1.82) is 0 Å². The summed E-state index contributed by atoms with van der Waals surface area (Å²) in [4.78, 5) is 0. The van der Waals surface area contributed by atoms with Crippen LogP contribution in [-0.2, 0) is 0 Å². The van der Waals surface area contributed by atoms with E-state index in [1.54, 1.807) is 0 Å². The lowest BCUT2D eigenvalue weighted by atomic mass is 10.2. The fourth-order valence-electron chi connectivity index (χ4n) is 1.15. The van der Waals surface area contributed by atoms with Crippen LogP contribution in [0.2, 0.25) is 0 Å². The molecule has 1 aromatic rings. The van der Waals surface area contributed by atoms with Gasteiger partial charge < -0.3 is 4.74 Å². The fourth-order valence-corrected chi connectivity index (χ4v) is 2.29. The summed E-state index contributed by atoms with van der Waals surface area (Å²) in [6, 6.07) is 8.00. The molecule has 0 atom stereocenters. The molecule has 13 heavy (non-hydrogen) atoms. The molecule has 0 bridgehead atoms. The Hall–Kier alpha value is -0.150. The van der Waals surface area contributed by atoms with Gasteiger partial charge in [-0.2, -0.15) is 11.8 Å². The lowest BCUT2D eigenvalue weighted by Gasteiger charge is -2.24. The molecule has 0 N–H and O–H groups in total. The van der Waals surface area contributed by atoms with Gasteiger partial charge in [0.15, 0.2) is 0 Å². The maximum Gasteiger partial charge on any atom is 0.120 e. The third-order valence-corrected chi connectivity index (χ3v) is 3.90. The van der Waals surface area contributed by atoms with E-state index in [2.05, 4.69) is 15.9 Å². The SMILES string of the molecule is Brc1cccc(OCC2CSC2)c1. The number of ether oxygens (including phenoxy) is 1. The fraction of sp³-hybridized carbons (Fsp3) is 0.400. The summed E-state index contributed by atoms with van der Waals surface area (Å²) in [5.41, 5.74) is 0. The third kappa shape index (κ3) is 2.64. The third-order valence-electron chi connectivity index (χ3n) is 1.99. The number of hydrogen-bond donors (Lipinski definition) is 0. The number of halogens is 1. The Kier molecular flexibility index (Phi) is 3.17. The van der Waals surface area contributed by atoms with Crippen molar-refractivity contribution in [3.8, 4) is 5.75 Å². The van der Waals surface area contributed by atoms with Crippen LogP contribution < -0.4 is 4.74 Å². The largest absolute Gasteiger partial charge is 0.493 e. The zero-order chi connectivity index (χ0) is 9.10. The minimum absolute atomic E-state index is 0.768. The van der Waals surface area contributed by atoms with Crippen molar-refractivity contribution in [2.45, 2.75) is 0 Å². The average Bonchev–Trinajstić information content (AvgIpc) is 2.01. The molecule has 0 aromatic heterocycles. The summed E-state index contributed by atoms with van der Waals surface area (Å²) in [6.45, 7) is 0.865. The zero-order valence-corrected chi connectivity index (χ0v) is 9.61. The smallest absolute Gasteiger partial charge is 0.120 e. The van der Waals surface area contributed by atoms with Crippen molar-refractivity contribution in [1.82, 2.24) is 0 Å². The first kappa shape index (κ1) is 9.41. The van der Waals surface area contributed by atoms with E-state index in [9.17, 15) is 0 Å². The second-order valence-electron chi connectivity index (χ2n) is 3.17. The lowest BCUT2D eigenvalue weighted by Crippen LogP contribution is -2.24. The predicted octanol–water partition coefficient (Wildman–Crippen LogP) is 3.19. The number of benzene rings is 1. The van der Waals surface area contributed by atoms with E-state index in [0.717, 1.165) is 22.7 Å². The molecule has 1 saturated heterocycles. The van der Waals surface area contributed by atoms with Crippen LogP contribution in [0.5, 0.6) is 5.75 Å². The highest BCUT2D eigenvalue weighted by molar-refractivity contribution is 9.10. The van der Waals surface area contributed by atoms with Crippen molar-refractivity contribution in [2.24, 2.45) is 5.92 Å². The first-order chi connectivity index (χ1) is 6.34. The van der Waals surface area contributed by atoms with E-state index < -0.39 is 0 Å². The van der Waals surface area contributed by atoms with Crippen LogP contribution in [0.3, 0.4) is 0 Å². The molecule has 3 heteroatoms. The van der Waals surface area contributed by atoms with E-state index in [-0.39, 0.29) is 0 Å². The molecule has 1 nitrogen and oxygen atoms in total. The van der Waals surface area contributed by atoms with E-state index in [1.165, 1.54) is 11.5 Å². The highest BCUT2D eigenvalue weighted by Gasteiger charge is 2.18. The van der Waals surface area contributed by atoms with Crippen LogP contribution in [0.4, 0.5) is 0 Å². The van der Waals surface area contributed by atoms with Crippen LogP contribution in [0, 0.1) is 5.92 Å². The van der Waals surface area contributed by atoms with Crippen LogP contribution in [0.15, 0.2) is 28.7 Å². The molecule has 1 heterocycles. The summed E-state index contributed by atoms with van der Waals surface area (Å²) in [6.07, 6.45) is 0. The van der Waals surface area contributed by atoms with Gasteiger partial charge in [-0.25, -0.2) is 0 Å². The van der Waals surface area contributed by atoms with Crippen molar-refractivity contribution in [3.63, 3.8) is 0 Å². The Balaban J connectivity index is 1.86. The molecule has 70 valence electrons. The first-order valence-corrected chi connectivity index (χ1v) is 6.25. The van der Waals surface area contributed by atoms with Gasteiger partial charge in [0.1, 0.15) is 5.75 Å². The molecule has 0 amide bonds. The maximum atomic E-state index is 5.65. The summed E-state index contributed by atoms with van der Waals surface area (Å²) in [5.74, 6) is 4.25. The number of rotatable bonds is 3. The topological polar surface area (TPSA) is 9.23 Å². The Morgan fingerprint density at radius 1 is 1.46 bits per heavy atom. The van der Waals surface area contributed by atoms with E-state index in [0.29, 0.717) is 0 Å². The highest BCUT2D eigenvalue weighted by Crippen LogP contribution is 2.26. The van der Waals surface area contributed by atoms with Crippen LogP contribution in [-0.4, -0.2) is 18.1 Å². The van der Waals surface area contributed by atoms with Gasteiger partial charge >= 0.3 is 0 Å². The summed E-state index contributed by atoms with van der Waals surface area (Å²) >= 11 is 5.41. The summed E-state index contributed by atoms with van der Waals surface area (Å²) < 4.78 is 6.72.